The summed E-state index contributed by atoms with van der Waals surface area (Å²) in [4.78, 5) is 16.3. The summed E-state index contributed by atoms with van der Waals surface area (Å²) in [5.74, 6) is -1.58. The minimum atomic E-state index is -4.76. The van der Waals surface area contributed by atoms with E-state index in [9.17, 15) is 26.3 Å². The lowest BCUT2D eigenvalue weighted by Crippen LogP contribution is -2.27. The molecule has 3 aromatic rings. The lowest BCUT2D eigenvalue weighted by molar-refractivity contribution is -0.158. The molecule has 15 heteroatoms. The predicted octanol–water partition coefficient (Wildman–Crippen LogP) is 4.63. The Morgan fingerprint density at radius 2 is 1.84 bits per heavy atom. The quantitative estimate of drug-likeness (QED) is 0.279. The number of amidine groups is 1. The molecule has 3 N–H and O–H groups in total. The van der Waals surface area contributed by atoms with E-state index in [-0.39, 0.29) is 35.1 Å². The number of aromatic nitrogens is 5. The molecule has 0 aliphatic carbocycles. The summed E-state index contributed by atoms with van der Waals surface area (Å²) in [5.41, 5.74) is -1.33. The maximum Gasteiger partial charge on any atom is 0.418 e. The largest absolute Gasteiger partial charge is 0.418 e. The van der Waals surface area contributed by atoms with Crippen molar-refractivity contribution in [1.29, 1.82) is 0 Å². The molecule has 0 amide bonds. The molecule has 202 valence electrons. The SMILES string of the molecule is OCCCCCNc1cc(C(F)(F)F)c(-c2cnc3c(NC4=NCC(C(F)(F)F)C=C4)ccnc3n2)nn1. The lowest BCUT2D eigenvalue weighted by Gasteiger charge is -2.19. The average Bonchev–Trinajstić information content (AvgIpc) is 2.88. The summed E-state index contributed by atoms with van der Waals surface area (Å²) in [5, 5.41) is 22.0. The van der Waals surface area contributed by atoms with Gasteiger partial charge in [-0.15, -0.1) is 10.2 Å². The lowest BCUT2D eigenvalue weighted by atomic mass is 10.1. The predicted molar refractivity (Wildman–Crippen MR) is 127 cm³/mol. The summed E-state index contributed by atoms with van der Waals surface area (Å²) in [6, 6.07) is 2.33. The van der Waals surface area contributed by atoms with Crippen LogP contribution in [0.1, 0.15) is 24.8 Å². The average molecular weight is 540 g/mol. The second-order valence-corrected chi connectivity index (χ2v) is 8.34. The number of rotatable bonds is 8. The number of aliphatic imine (C=N–C) groups is 1. The fourth-order valence-electron chi connectivity index (χ4n) is 3.60. The van der Waals surface area contributed by atoms with Crippen molar-refractivity contribution in [3.63, 3.8) is 0 Å². The van der Waals surface area contributed by atoms with Gasteiger partial charge in [0.15, 0.2) is 5.65 Å². The van der Waals surface area contributed by atoms with Crippen LogP contribution in [0.4, 0.5) is 37.8 Å². The molecule has 0 radical (unpaired) electrons. The number of unbranched alkanes of at least 4 members (excludes halogenated alkanes) is 2. The molecule has 0 aromatic carbocycles. The standard InChI is InChI=1S/C23H22F6N8O/c24-22(25,26)13-4-5-17(32-11-13)34-15-6-8-31-21-20(15)33-12-16(35-21)19-14(23(27,28)29)10-18(36-37-19)30-7-2-1-3-9-38/h4-6,8,10,12-13,38H,1-3,7,9,11H2,(H,30,36)(H,31,32,34,35). The molecular weight excluding hydrogens is 518 g/mol. The monoisotopic (exact) mass is 540 g/mol. The number of anilines is 2. The van der Waals surface area contributed by atoms with Crippen molar-refractivity contribution in [2.45, 2.75) is 31.6 Å². The number of aliphatic hydroxyl groups excluding tert-OH is 1. The van der Waals surface area contributed by atoms with Crippen LogP contribution in [-0.2, 0) is 6.18 Å². The van der Waals surface area contributed by atoms with E-state index in [1.54, 1.807) is 0 Å². The normalized spacial score (nSPS) is 16.0. The van der Waals surface area contributed by atoms with Crippen molar-refractivity contribution < 1.29 is 31.4 Å². The van der Waals surface area contributed by atoms with Crippen LogP contribution in [0.25, 0.3) is 22.6 Å². The van der Waals surface area contributed by atoms with Crippen LogP contribution in [-0.4, -0.2) is 62.0 Å². The van der Waals surface area contributed by atoms with E-state index in [4.69, 9.17) is 5.11 Å². The topological polar surface area (TPSA) is 121 Å². The van der Waals surface area contributed by atoms with Crippen LogP contribution < -0.4 is 10.6 Å². The minimum absolute atomic E-state index is 0.0120. The summed E-state index contributed by atoms with van der Waals surface area (Å²) in [7, 11) is 0. The molecule has 0 saturated carbocycles. The fourth-order valence-corrected chi connectivity index (χ4v) is 3.60. The highest BCUT2D eigenvalue weighted by Crippen LogP contribution is 2.36. The first-order chi connectivity index (χ1) is 18.1. The molecular formula is C23H22F6N8O. The number of nitrogens with one attached hydrogen (secondary N) is 2. The number of nitrogens with zero attached hydrogens (tertiary/aromatic N) is 6. The molecule has 0 bridgehead atoms. The van der Waals surface area contributed by atoms with E-state index in [1.807, 2.05) is 0 Å². The van der Waals surface area contributed by atoms with Crippen LogP contribution in [0.5, 0.6) is 0 Å². The van der Waals surface area contributed by atoms with Gasteiger partial charge in [0.05, 0.1) is 29.9 Å². The fraction of sp³-hybridized carbons (Fsp3) is 0.391. The van der Waals surface area contributed by atoms with Crippen molar-refractivity contribution in [2.75, 3.05) is 30.3 Å². The Hall–Kier alpha value is -3.88. The van der Waals surface area contributed by atoms with Crippen molar-refractivity contribution >= 4 is 28.5 Å². The summed E-state index contributed by atoms with van der Waals surface area (Å²) in [6.07, 6.45) is -2.62. The maximum atomic E-state index is 13.9. The highest BCUT2D eigenvalue weighted by Gasteiger charge is 2.38. The molecule has 38 heavy (non-hydrogen) atoms. The molecule has 4 heterocycles. The highest BCUT2D eigenvalue weighted by molar-refractivity contribution is 6.07. The van der Waals surface area contributed by atoms with Gasteiger partial charge in [0.1, 0.15) is 28.6 Å². The molecule has 0 saturated heterocycles. The van der Waals surface area contributed by atoms with E-state index in [1.165, 1.54) is 18.3 Å². The molecule has 4 rings (SSSR count). The Bertz CT molecular complexity index is 1340. The van der Waals surface area contributed by atoms with Crippen molar-refractivity contribution in [3.05, 3.63) is 42.2 Å². The second-order valence-electron chi connectivity index (χ2n) is 8.34. The van der Waals surface area contributed by atoms with Crippen molar-refractivity contribution in [3.8, 4) is 11.4 Å². The molecule has 1 atom stereocenters. The van der Waals surface area contributed by atoms with E-state index in [0.29, 0.717) is 31.5 Å². The van der Waals surface area contributed by atoms with Gasteiger partial charge in [-0.1, -0.05) is 6.08 Å². The van der Waals surface area contributed by atoms with Crippen molar-refractivity contribution in [2.24, 2.45) is 10.9 Å². The first-order valence-electron chi connectivity index (χ1n) is 11.5. The van der Waals surface area contributed by atoms with Crippen LogP contribution >= 0.6 is 0 Å². The van der Waals surface area contributed by atoms with E-state index in [2.05, 4.69) is 40.8 Å². The van der Waals surface area contributed by atoms with Gasteiger partial charge in [0.25, 0.3) is 0 Å². The molecule has 0 fully saturated rings. The first kappa shape index (κ1) is 27.2. The summed E-state index contributed by atoms with van der Waals surface area (Å²) in [6.45, 7) is -0.0775. The van der Waals surface area contributed by atoms with Crippen LogP contribution in [0.3, 0.4) is 0 Å². The van der Waals surface area contributed by atoms with Crippen LogP contribution in [0.15, 0.2) is 41.7 Å². The number of hydrogen-bond donors (Lipinski definition) is 3. The molecule has 1 unspecified atom stereocenters. The molecule has 3 aromatic heterocycles. The van der Waals surface area contributed by atoms with E-state index >= 15 is 0 Å². The van der Waals surface area contributed by atoms with Gasteiger partial charge in [-0.25, -0.2) is 15.0 Å². The Kier molecular flexibility index (Phi) is 8.04. The number of aliphatic hydroxyl groups is 1. The number of pyridine rings is 1. The molecule has 9 nitrogen and oxygen atoms in total. The van der Waals surface area contributed by atoms with Gasteiger partial charge in [-0.05, 0) is 37.5 Å². The zero-order valence-electron chi connectivity index (χ0n) is 19.7. The van der Waals surface area contributed by atoms with Gasteiger partial charge < -0.3 is 15.7 Å². The smallest absolute Gasteiger partial charge is 0.396 e. The maximum absolute atomic E-state index is 13.9. The van der Waals surface area contributed by atoms with E-state index < -0.39 is 36.1 Å². The second kappa shape index (κ2) is 11.2. The first-order valence-corrected chi connectivity index (χ1v) is 11.5. The van der Waals surface area contributed by atoms with Gasteiger partial charge >= 0.3 is 12.4 Å². The minimum Gasteiger partial charge on any atom is -0.396 e. The summed E-state index contributed by atoms with van der Waals surface area (Å²) >= 11 is 0. The van der Waals surface area contributed by atoms with Gasteiger partial charge in [0.2, 0.25) is 0 Å². The number of alkyl halides is 6. The molecule has 1 aliphatic heterocycles. The Morgan fingerprint density at radius 1 is 1.03 bits per heavy atom. The Labute approximate surface area is 212 Å². The third kappa shape index (κ3) is 6.51. The third-order valence-electron chi connectivity index (χ3n) is 5.56. The van der Waals surface area contributed by atoms with Gasteiger partial charge in [-0.3, -0.25) is 4.99 Å². The van der Waals surface area contributed by atoms with Gasteiger partial charge in [-0.2, -0.15) is 26.3 Å². The third-order valence-corrected chi connectivity index (χ3v) is 5.56. The zero-order valence-corrected chi connectivity index (χ0v) is 19.7. The zero-order chi connectivity index (χ0) is 27.3. The molecule has 1 aliphatic rings. The number of halogens is 6. The Balaban J connectivity index is 1.58. The van der Waals surface area contributed by atoms with E-state index in [0.717, 1.165) is 18.3 Å². The molecule has 0 spiro atoms. The summed E-state index contributed by atoms with van der Waals surface area (Å²) < 4.78 is 80.1. The van der Waals surface area contributed by atoms with Crippen LogP contribution in [0.2, 0.25) is 0 Å². The Morgan fingerprint density at radius 3 is 2.53 bits per heavy atom. The van der Waals surface area contributed by atoms with Crippen molar-refractivity contribution in [1.82, 2.24) is 25.1 Å². The number of hydrogen-bond acceptors (Lipinski definition) is 9. The number of dihydropyridines is 1. The number of fused-ring (bicyclic) bond motifs is 1. The van der Waals surface area contributed by atoms with Crippen LogP contribution in [0, 0.1) is 5.92 Å². The van der Waals surface area contributed by atoms with Gasteiger partial charge in [0, 0.05) is 19.3 Å². The highest BCUT2D eigenvalue weighted by atomic mass is 19.4.